The van der Waals surface area contributed by atoms with Gasteiger partial charge in [-0.2, -0.15) is 0 Å². The van der Waals surface area contributed by atoms with E-state index in [1.165, 1.54) is 0 Å². The highest BCUT2D eigenvalue weighted by Crippen LogP contribution is 2.17. The van der Waals surface area contributed by atoms with Crippen molar-refractivity contribution >= 4 is 11.7 Å². The van der Waals surface area contributed by atoms with Gasteiger partial charge in [-0.05, 0) is 0 Å². The summed E-state index contributed by atoms with van der Waals surface area (Å²) in [5, 5.41) is 1.87. The average molecular weight is 205 g/mol. The van der Waals surface area contributed by atoms with Crippen LogP contribution >= 0.6 is 0 Å². The number of hydrazine groups is 1. The van der Waals surface area contributed by atoms with Crippen LogP contribution in [0.15, 0.2) is 12.1 Å². The Balaban J connectivity index is 2.98. The Hall–Kier alpha value is -1.76. The maximum absolute atomic E-state index is 12.8. The van der Waals surface area contributed by atoms with E-state index in [1.54, 1.807) is 5.43 Å². The van der Waals surface area contributed by atoms with Crippen molar-refractivity contribution in [2.45, 2.75) is 0 Å². The van der Waals surface area contributed by atoms with Crippen molar-refractivity contribution in [3.8, 4) is 0 Å². The van der Waals surface area contributed by atoms with E-state index in [0.717, 1.165) is 0 Å². The number of rotatable bonds is 1. The molecule has 1 rings (SSSR count). The minimum atomic E-state index is -1.33. The van der Waals surface area contributed by atoms with Crippen LogP contribution in [0, 0.1) is 17.5 Å². The Morgan fingerprint density at radius 1 is 1.14 bits per heavy atom. The lowest BCUT2D eigenvalue weighted by Crippen LogP contribution is -2.34. The van der Waals surface area contributed by atoms with E-state index in [4.69, 9.17) is 0 Å². The normalized spacial score (nSPS) is 9.71. The van der Waals surface area contributed by atoms with E-state index < -0.39 is 29.2 Å². The fourth-order valence-electron chi connectivity index (χ4n) is 0.777. The van der Waals surface area contributed by atoms with Crippen molar-refractivity contribution in [2.24, 2.45) is 5.84 Å². The molecular weight excluding hydrogens is 199 g/mol. The minimum absolute atomic E-state index is 0.321. The number of hydrogen-bond donors (Lipinski definition) is 3. The molecule has 4 N–H and O–H groups in total. The molecule has 0 aromatic heterocycles. The van der Waals surface area contributed by atoms with Gasteiger partial charge in [0.1, 0.15) is 5.82 Å². The molecule has 1 aromatic rings. The van der Waals surface area contributed by atoms with Crippen LogP contribution in [0.4, 0.5) is 23.7 Å². The summed E-state index contributed by atoms with van der Waals surface area (Å²) in [5.41, 5.74) is 1.15. The fourth-order valence-corrected chi connectivity index (χ4v) is 0.777. The molecule has 0 bridgehead atoms. The zero-order chi connectivity index (χ0) is 10.7. The van der Waals surface area contributed by atoms with Gasteiger partial charge in [0, 0.05) is 12.1 Å². The third-order valence-corrected chi connectivity index (χ3v) is 1.39. The topological polar surface area (TPSA) is 67.1 Å². The van der Waals surface area contributed by atoms with Gasteiger partial charge >= 0.3 is 6.03 Å². The molecule has 1 aromatic carbocycles. The van der Waals surface area contributed by atoms with Gasteiger partial charge in [0.05, 0.1) is 5.69 Å². The van der Waals surface area contributed by atoms with Gasteiger partial charge in [0.15, 0.2) is 11.6 Å². The first-order valence-corrected chi connectivity index (χ1v) is 3.46. The van der Waals surface area contributed by atoms with Gasteiger partial charge in [0.25, 0.3) is 0 Å². The van der Waals surface area contributed by atoms with Crippen molar-refractivity contribution in [1.29, 1.82) is 0 Å². The maximum Gasteiger partial charge on any atom is 0.333 e. The van der Waals surface area contributed by atoms with Crippen molar-refractivity contribution in [2.75, 3.05) is 5.32 Å². The maximum atomic E-state index is 12.8. The summed E-state index contributed by atoms with van der Waals surface area (Å²) in [4.78, 5) is 10.6. The van der Waals surface area contributed by atoms with Crippen LogP contribution in [-0.4, -0.2) is 6.03 Å². The second kappa shape index (κ2) is 3.97. The first-order valence-electron chi connectivity index (χ1n) is 3.46. The first-order chi connectivity index (χ1) is 6.54. The number of nitrogens with two attached hydrogens (primary N) is 1. The number of carbonyl (C=O) groups excluding carboxylic acids is 1. The summed E-state index contributed by atoms with van der Waals surface area (Å²) in [7, 11) is 0. The summed E-state index contributed by atoms with van der Waals surface area (Å²) in [5.74, 6) is 0.998. The molecule has 0 aliphatic heterocycles. The van der Waals surface area contributed by atoms with E-state index in [0.29, 0.717) is 12.1 Å². The molecule has 14 heavy (non-hydrogen) atoms. The minimum Gasteiger partial charge on any atom is -0.304 e. The molecule has 0 spiro atoms. The third-order valence-electron chi connectivity index (χ3n) is 1.39. The van der Waals surface area contributed by atoms with E-state index in [-0.39, 0.29) is 0 Å². The van der Waals surface area contributed by atoms with Gasteiger partial charge in [0.2, 0.25) is 0 Å². The summed E-state index contributed by atoms with van der Waals surface area (Å²) >= 11 is 0. The predicted molar refractivity (Wildman–Crippen MR) is 42.7 cm³/mol. The second-order valence-corrected chi connectivity index (χ2v) is 2.34. The standard InChI is InChI=1S/C7H6F3N3O/c8-3-1-5(10)6(2-4(3)9)12-7(14)13-11/h1-2H,11H2,(H2,12,13,14). The van der Waals surface area contributed by atoms with E-state index in [2.05, 4.69) is 5.84 Å². The monoisotopic (exact) mass is 205 g/mol. The Morgan fingerprint density at radius 2 is 1.71 bits per heavy atom. The molecule has 4 nitrogen and oxygen atoms in total. The molecule has 76 valence electrons. The highest BCUT2D eigenvalue weighted by atomic mass is 19.2. The third kappa shape index (κ3) is 2.13. The SMILES string of the molecule is NNC(=O)Nc1cc(F)c(F)cc1F. The van der Waals surface area contributed by atoms with Crippen molar-refractivity contribution in [3.63, 3.8) is 0 Å². The van der Waals surface area contributed by atoms with E-state index >= 15 is 0 Å². The van der Waals surface area contributed by atoms with Gasteiger partial charge in [-0.1, -0.05) is 0 Å². The Morgan fingerprint density at radius 3 is 2.29 bits per heavy atom. The van der Waals surface area contributed by atoms with Crippen molar-refractivity contribution in [3.05, 3.63) is 29.6 Å². The van der Waals surface area contributed by atoms with Crippen LogP contribution in [0.25, 0.3) is 0 Å². The molecule has 0 fully saturated rings. The molecule has 0 radical (unpaired) electrons. The number of anilines is 1. The molecule has 0 heterocycles. The molecule has 7 heteroatoms. The molecule has 0 saturated heterocycles. The molecule has 0 atom stereocenters. The van der Waals surface area contributed by atoms with Crippen LogP contribution in [0.1, 0.15) is 0 Å². The van der Waals surface area contributed by atoms with Gasteiger partial charge in [-0.3, -0.25) is 5.43 Å². The Kier molecular flexibility index (Phi) is 2.92. The van der Waals surface area contributed by atoms with Crippen molar-refractivity contribution < 1.29 is 18.0 Å². The summed E-state index contributed by atoms with van der Waals surface area (Å²) in [6, 6.07) is -0.101. The number of carbonyl (C=O) groups is 1. The van der Waals surface area contributed by atoms with Gasteiger partial charge in [-0.15, -0.1) is 0 Å². The summed E-state index contributed by atoms with van der Waals surface area (Å²) in [6.07, 6.45) is 0. The van der Waals surface area contributed by atoms with Crippen LogP contribution in [0.2, 0.25) is 0 Å². The molecular formula is C7H6F3N3O. The van der Waals surface area contributed by atoms with E-state index in [9.17, 15) is 18.0 Å². The lowest BCUT2D eigenvalue weighted by Gasteiger charge is -2.05. The zero-order valence-corrected chi connectivity index (χ0v) is 6.77. The zero-order valence-electron chi connectivity index (χ0n) is 6.77. The molecule has 0 unspecified atom stereocenters. The highest BCUT2D eigenvalue weighted by molar-refractivity contribution is 5.88. The average Bonchev–Trinajstić information content (AvgIpc) is 2.14. The summed E-state index contributed by atoms with van der Waals surface area (Å²) in [6.45, 7) is 0. The van der Waals surface area contributed by atoms with Crippen LogP contribution < -0.4 is 16.6 Å². The Labute approximate surface area is 76.9 Å². The van der Waals surface area contributed by atoms with E-state index in [1.807, 2.05) is 5.32 Å². The quantitative estimate of drug-likeness (QED) is 0.278. The lowest BCUT2D eigenvalue weighted by atomic mass is 10.3. The largest absolute Gasteiger partial charge is 0.333 e. The predicted octanol–water partition coefficient (Wildman–Crippen LogP) is 1.10. The Bertz CT molecular complexity index is 369. The van der Waals surface area contributed by atoms with Crippen LogP contribution in [0.3, 0.4) is 0 Å². The first kappa shape index (κ1) is 10.3. The summed E-state index contributed by atoms with van der Waals surface area (Å²) < 4.78 is 37.8. The fraction of sp³-hybridized carbons (Fsp3) is 0. The van der Waals surface area contributed by atoms with Crippen molar-refractivity contribution in [1.82, 2.24) is 5.43 Å². The number of amides is 2. The lowest BCUT2D eigenvalue weighted by molar-refractivity contribution is 0.252. The number of urea groups is 1. The highest BCUT2D eigenvalue weighted by Gasteiger charge is 2.11. The molecule has 0 saturated carbocycles. The van der Waals surface area contributed by atoms with Crippen LogP contribution in [0.5, 0.6) is 0 Å². The second-order valence-electron chi connectivity index (χ2n) is 2.34. The number of halogens is 3. The van der Waals surface area contributed by atoms with Gasteiger partial charge in [-0.25, -0.2) is 23.8 Å². The van der Waals surface area contributed by atoms with Gasteiger partial charge < -0.3 is 5.32 Å². The number of hydrogen-bond acceptors (Lipinski definition) is 2. The molecule has 0 aliphatic rings. The smallest absolute Gasteiger partial charge is 0.304 e. The molecule has 2 amide bonds. The molecule has 0 aliphatic carbocycles. The number of benzene rings is 1. The number of nitrogens with one attached hydrogen (secondary N) is 2. The van der Waals surface area contributed by atoms with Crippen LogP contribution in [-0.2, 0) is 0 Å².